The zero-order chi connectivity index (χ0) is 11.3. The Balaban J connectivity index is 2.53. The third-order valence-electron chi connectivity index (χ3n) is 2.17. The first-order valence-corrected chi connectivity index (χ1v) is 4.84. The van der Waals surface area contributed by atoms with Gasteiger partial charge in [-0.05, 0) is 24.6 Å². The van der Waals surface area contributed by atoms with Crippen LogP contribution in [0.25, 0.3) is 0 Å². The number of aromatic nitrogens is 1. The molecule has 82 valence electrons. The number of aryl methyl sites for hydroxylation is 1. The summed E-state index contributed by atoms with van der Waals surface area (Å²) >= 11 is 0. The number of carbonyl (C=O) groups is 1. The van der Waals surface area contributed by atoms with Crippen molar-refractivity contribution in [1.82, 2.24) is 4.98 Å². The molecule has 0 amide bonds. The molecular formula is C11H16N2O2. The largest absolute Gasteiger partial charge is 0.469 e. The molecule has 0 aliphatic carbocycles. The molecule has 0 spiro atoms. The summed E-state index contributed by atoms with van der Waals surface area (Å²) in [7, 11) is 3.30. The second-order valence-corrected chi connectivity index (χ2v) is 3.44. The number of pyridine rings is 1. The average molecular weight is 208 g/mol. The Morgan fingerprint density at radius 1 is 1.60 bits per heavy atom. The Morgan fingerprint density at radius 3 is 2.93 bits per heavy atom. The molecule has 0 saturated heterocycles. The Hall–Kier alpha value is -1.58. The molecule has 0 unspecified atom stereocenters. The SMILES string of the molecule is COC(=O)CCN(C)c1cc(C)ccn1. The van der Waals surface area contributed by atoms with Gasteiger partial charge in [-0.1, -0.05) is 0 Å². The van der Waals surface area contributed by atoms with Gasteiger partial charge in [0.2, 0.25) is 0 Å². The minimum Gasteiger partial charge on any atom is -0.469 e. The molecule has 1 heterocycles. The molecule has 1 aromatic rings. The van der Waals surface area contributed by atoms with Crippen molar-refractivity contribution in [2.75, 3.05) is 25.6 Å². The van der Waals surface area contributed by atoms with Crippen LogP contribution in [0.1, 0.15) is 12.0 Å². The van der Waals surface area contributed by atoms with E-state index in [1.165, 1.54) is 7.11 Å². The molecule has 0 fully saturated rings. The van der Waals surface area contributed by atoms with E-state index in [2.05, 4.69) is 9.72 Å². The van der Waals surface area contributed by atoms with Gasteiger partial charge in [0.15, 0.2) is 0 Å². The molecule has 0 aliphatic heterocycles. The number of ether oxygens (including phenoxy) is 1. The third-order valence-corrected chi connectivity index (χ3v) is 2.17. The molecule has 1 aromatic heterocycles. The van der Waals surface area contributed by atoms with Crippen LogP contribution >= 0.6 is 0 Å². The zero-order valence-corrected chi connectivity index (χ0v) is 9.36. The number of esters is 1. The first kappa shape index (κ1) is 11.5. The van der Waals surface area contributed by atoms with Gasteiger partial charge in [0.25, 0.3) is 0 Å². The molecular weight excluding hydrogens is 192 g/mol. The van der Waals surface area contributed by atoms with E-state index in [1.807, 2.05) is 31.0 Å². The van der Waals surface area contributed by atoms with Crippen LogP contribution in [0.4, 0.5) is 5.82 Å². The minimum absolute atomic E-state index is 0.200. The summed E-state index contributed by atoms with van der Waals surface area (Å²) in [6.07, 6.45) is 2.14. The summed E-state index contributed by atoms with van der Waals surface area (Å²) in [6.45, 7) is 2.63. The molecule has 4 heteroatoms. The van der Waals surface area contributed by atoms with E-state index in [4.69, 9.17) is 0 Å². The highest BCUT2D eigenvalue weighted by Crippen LogP contribution is 2.10. The van der Waals surface area contributed by atoms with Crippen molar-refractivity contribution in [2.24, 2.45) is 0 Å². The van der Waals surface area contributed by atoms with Gasteiger partial charge in [0.05, 0.1) is 13.5 Å². The monoisotopic (exact) mass is 208 g/mol. The molecule has 0 atom stereocenters. The van der Waals surface area contributed by atoms with Gasteiger partial charge in [-0.25, -0.2) is 4.98 Å². The summed E-state index contributed by atoms with van der Waals surface area (Å²) in [5.41, 5.74) is 1.16. The predicted molar refractivity (Wildman–Crippen MR) is 58.9 cm³/mol. The molecule has 15 heavy (non-hydrogen) atoms. The van der Waals surface area contributed by atoms with Gasteiger partial charge in [-0.2, -0.15) is 0 Å². The standard InChI is InChI=1S/C11H16N2O2/c1-9-4-6-12-10(8-9)13(2)7-5-11(14)15-3/h4,6,8H,5,7H2,1-3H3. The van der Waals surface area contributed by atoms with Crippen LogP contribution in [0.3, 0.4) is 0 Å². The molecule has 0 aliphatic rings. The lowest BCUT2D eigenvalue weighted by molar-refractivity contribution is -0.140. The molecule has 4 nitrogen and oxygen atoms in total. The number of rotatable bonds is 4. The van der Waals surface area contributed by atoms with Crippen LogP contribution in [-0.2, 0) is 9.53 Å². The van der Waals surface area contributed by atoms with Gasteiger partial charge >= 0.3 is 5.97 Å². The summed E-state index contributed by atoms with van der Waals surface area (Å²) < 4.78 is 4.57. The Bertz CT molecular complexity index is 339. The van der Waals surface area contributed by atoms with E-state index in [0.717, 1.165) is 11.4 Å². The van der Waals surface area contributed by atoms with Gasteiger partial charge in [0, 0.05) is 19.8 Å². The fraction of sp³-hybridized carbons (Fsp3) is 0.455. The van der Waals surface area contributed by atoms with E-state index in [-0.39, 0.29) is 5.97 Å². The average Bonchev–Trinajstić information content (AvgIpc) is 2.25. The highest BCUT2D eigenvalue weighted by atomic mass is 16.5. The highest BCUT2D eigenvalue weighted by molar-refractivity contribution is 5.69. The summed E-state index contributed by atoms with van der Waals surface area (Å²) in [5, 5.41) is 0. The number of carbonyl (C=O) groups excluding carboxylic acids is 1. The van der Waals surface area contributed by atoms with Crippen molar-refractivity contribution < 1.29 is 9.53 Å². The lowest BCUT2D eigenvalue weighted by Crippen LogP contribution is -2.22. The fourth-order valence-electron chi connectivity index (χ4n) is 1.20. The maximum absolute atomic E-state index is 10.9. The Kier molecular flexibility index (Phi) is 4.09. The summed E-state index contributed by atoms with van der Waals surface area (Å²) in [4.78, 5) is 17.1. The van der Waals surface area contributed by atoms with Gasteiger partial charge in [0.1, 0.15) is 5.82 Å². The zero-order valence-electron chi connectivity index (χ0n) is 9.36. The fourth-order valence-corrected chi connectivity index (χ4v) is 1.20. The number of anilines is 1. The topological polar surface area (TPSA) is 42.4 Å². The van der Waals surface area contributed by atoms with Gasteiger partial charge < -0.3 is 9.64 Å². The minimum atomic E-state index is -0.200. The lowest BCUT2D eigenvalue weighted by Gasteiger charge is -2.17. The maximum Gasteiger partial charge on any atom is 0.307 e. The van der Waals surface area contributed by atoms with Crippen LogP contribution < -0.4 is 4.90 Å². The van der Waals surface area contributed by atoms with Crippen molar-refractivity contribution in [1.29, 1.82) is 0 Å². The number of hydrogen-bond donors (Lipinski definition) is 0. The van der Waals surface area contributed by atoms with E-state index in [0.29, 0.717) is 13.0 Å². The van der Waals surface area contributed by atoms with Gasteiger partial charge in [-0.3, -0.25) is 4.79 Å². The van der Waals surface area contributed by atoms with Crippen LogP contribution in [-0.4, -0.2) is 31.7 Å². The number of methoxy groups -OCH3 is 1. The normalized spacial score (nSPS) is 9.80. The maximum atomic E-state index is 10.9. The first-order chi connectivity index (χ1) is 7.13. The summed E-state index contributed by atoms with van der Waals surface area (Å²) in [5.74, 6) is 0.674. The Labute approximate surface area is 89.9 Å². The molecule has 0 saturated carbocycles. The van der Waals surface area contributed by atoms with Crippen molar-refractivity contribution in [3.05, 3.63) is 23.9 Å². The lowest BCUT2D eigenvalue weighted by atomic mass is 10.3. The van der Waals surface area contributed by atoms with E-state index in [9.17, 15) is 4.79 Å². The Morgan fingerprint density at radius 2 is 2.33 bits per heavy atom. The van der Waals surface area contributed by atoms with E-state index >= 15 is 0 Å². The number of nitrogens with zero attached hydrogens (tertiary/aromatic N) is 2. The third kappa shape index (κ3) is 3.58. The quantitative estimate of drug-likeness (QED) is 0.701. The highest BCUT2D eigenvalue weighted by Gasteiger charge is 2.05. The molecule has 0 bridgehead atoms. The van der Waals surface area contributed by atoms with Crippen LogP contribution in [0.15, 0.2) is 18.3 Å². The molecule has 1 rings (SSSR count). The number of hydrogen-bond acceptors (Lipinski definition) is 4. The molecule has 0 N–H and O–H groups in total. The van der Waals surface area contributed by atoms with Crippen molar-refractivity contribution in [3.8, 4) is 0 Å². The first-order valence-electron chi connectivity index (χ1n) is 4.84. The molecule has 0 aromatic carbocycles. The predicted octanol–water partition coefficient (Wildman–Crippen LogP) is 1.39. The van der Waals surface area contributed by atoms with E-state index < -0.39 is 0 Å². The van der Waals surface area contributed by atoms with Crippen LogP contribution in [0.5, 0.6) is 0 Å². The second-order valence-electron chi connectivity index (χ2n) is 3.44. The van der Waals surface area contributed by atoms with Crippen molar-refractivity contribution in [3.63, 3.8) is 0 Å². The second kappa shape index (κ2) is 5.34. The van der Waals surface area contributed by atoms with Gasteiger partial charge in [-0.15, -0.1) is 0 Å². The van der Waals surface area contributed by atoms with Crippen molar-refractivity contribution in [2.45, 2.75) is 13.3 Å². The van der Waals surface area contributed by atoms with Crippen molar-refractivity contribution >= 4 is 11.8 Å². The smallest absolute Gasteiger partial charge is 0.307 e. The van der Waals surface area contributed by atoms with Crippen LogP contribution in [0, 0.1) is 6.92 Å². The van der Waals surface area contributed by atoms with E-state index in [1.54, 1.807) is 6.20 Å². The van der Waals surface area contributed by atoms with Crippen LogP contribution in [0.2, 0.25) is 0 Å². The molecule has 0 radical (unpaired) electrons. The summed E-state index contributed by atoms with van der Waals surface area (Å²) in [6, 6.07) is 3.93.